The minimum Gasteiger partial charge on any atom is -0.358 e. The predicted octanol–water partition coefficient (Wildman–Crippen LogP) is 2.32. The summed E-state index contributed by atoms with van der Waals surface area (Å²) < 4.78 is 0. The Kier molecular flexibility index (Phi) is 5.53. The molecule has 1 aromatic carbocycles. The lowest BCUT2D eigenvalue weighted by Gasteiger charge is -2.02. The van der Waals surface area contributed by atoms with E-state index in [0.29, 0.717) is 16.7 Å². The predicted molar refractivity (Wildman–Crippen MR) is 73.0 cm³/mol. The molecule has 3 nitrogen and oxygen atoms in total. The van der Waals surface area contributed by atoms with Gasteiger partial charge in [0.15, 0.2) is 5.11 Å². The van der Waals surface area contributed by atoms with Crippen LogP contribution >= 0.6 is 23.8 Å². The first-order valence-corrected chi connectivity index (χ1v) is 5.44. The van der Waals surface area contributed by atoms with Crippen LogP contribution < -0.4 is 10.7 Å². The topological polar surface area (TPSA) is 36.4 Å². The molecule has 0 aliphatic heterocycles. The molecule has 1 rings (SSSR count). The first kappa shape index (κ1) is 12.7. The Morgan fingerprint density at radius 3 is 3.06 bits per heavy atom. The summed E-state index contributed by atoms with van der Waals surface area (Å²) >= 11 is 10.8. The lowest BCUT2D eigenvalue weighted by molar-refractivity contribution is 0.942. The third-order valence-electron chi connectivity index (χ3n) is 1.64. The lowest BCUT2D eigenvalue weighted by Crippen LogP contribution is -2.31. The average Bonchev–Trinajstić information content (AvgIpc) is 2.26. The van der Waals surface area contributed by atoms with E-state index >= 15 is 0 Å². The van der Waals surface area contributed by atoms with Gasteiger partial charge in [-0.2, -0.15) is 5.10 Å². The quantitative estimate of drug-likeness (QED) is 0.374. The Hall–Kier alpha value is -1.39. The molecule has 5 heteroatoms. The number of thiocarbonyl (C=S) groups is 1. The second kappa shape index (κ2) is 6.98. The van der Waals surface area contributed by atoms with Crippen molar-refractivity contribution in [1.82, 2.24) is 10.7 Å². The Bertz CT molecular complexity index is 404. The highest BCUT2D eigenvalue weighted by Crippen LogP contribution is 2.08. The van der Waals surface area contributed by atoms with Crippen molar-refractivity contribution in [3.8, 4) is 0 Å². The van der Waals surface area contributed by atoms with Gasteiger partial charge >= 0.3 is 0 Å². The van der Waals surface area contributed by atoms with Gasteiger partial charge in [-0.1, -0.05) is 29.8 Å². The molecule has 0 heterocycles. The SMILES string of the molecule is C=CCNC(=S)N/N=C/c1cccc(Cl)c1. The molecular formula is C11H12ClN3S. The van der Waals surface area contributed by atoms with Crippen molar-refractivity contribution in [2.24, 2.45) is 5.10 Å². The van der Waals surface area contributed by atoms with E-state index in [1.807, 2.05) is 24.3 Å². The fourth-order valence-electron chi connectivity index (χ4n) is 0.957. The van der Waals surface area contributed by atoms with Gasteiger partial charge in [-0.15, -0.1) is 6.58 Å². The summed E-state index contributed by atoms with van der Waals surface area (Å²) in [5, 5.41) is 7.99. The summed E-state index contributed by atoms with van der Waals surface area (Å²) in [6.07, 6.45) is 3.36. The van der Waals surface area contributed by atoms with Crippen LogP contribution in [0.5, 0.6) is 0 Å². The molecule has 0 fully saturated rings. The van der Waals surface area contributed by atoms with E-state index < -0.39 is 0 Å². The summed E-state index contributed by atoms with van der Waals surface area (Å²) in [4.78, 5) is 0. The van der Waals surface area contributed by atoms with Gasteiger partial charge in [-0.25, -0.2) is 0 Å². The highest BCUT2D eigenvalue weighted by atomic mass is 35.5. The normalized spacial score (nSPS) is 10.1. The van der Waals surface area contributed by atoms with Crippen molar-refractivity contribution in [3.63, 3.8) is 0 Å². The highest BCUT2D eigenvalue weighted by Gasteiger charge is 1.91. The van der Waals surface area contributed by atoms with Gasteiger partial charge in [-0.3, -0.25) is 5.43 Å². The molecule has 0 unspecified atom stereocenters. The fraction of sp³-hybridized carbons (Fsp3) is 0.0909. The molecular weight excluding hydrogens is 242 g/mol. The number of benzene rings is 1. The molecule has 0 bridgehead atoms. The van der Waals surface area contributed by atoms with Crippen LogP contribution in [0.3, 0.4) is 0 Å². The van der Waals surface area contributed by atoms with E-state index in [2.05, 4.69) is 22.4 Å². The second-order valence-electron chi connectivity index (χ2n) is 2.92. The van der Waals surface area contributed by atoms with Crippen molar-refractivity contribution in [2.45, 2.75) is 0 Å². The number of nitrogens with zero attached hydrogens (tertiary/aromatic N) is 1. The maximum absolute atomic E-state index is 5.82. The number of rotatable bonds is 4. The first-order valence-electron chi connectivity index (χ1n) is 4.66. The van der Waals surface area contributed by atoms with Crippen LogP contribution in [0.2, 0.25) is 5.02 Å². The maximum atomic E-state index is 5.82. The van der Waals surface area contributed by atoms with Gasteiger partial charge in [0.2, 0.25) is 0 Å². The Balaban J connectivity index is 2.42. The summed E-state index contributed by atoms with van der Waals surface area (Å²) in [5.74, 6) is 0. The summed E-state index contributed by atoms with van der Waals surface area (Å²) in [5.41, 5.74) is 3.59. The monoisotopic (exact) mass is 253 g/mol. The Morgan fingerprint density at radius 2 is 2.38 bits per heavy atom. The standard InChI is InChI=1S/C11H12ClN3S/c1-2-6-13-11(16)15-14-8-9-4-3-5-10(12)7-9/h2-5,7-8H,1,6H2,(H2,13,15,16)/b14-8+. The third kappa shape index (κ3) is 4.91. The van der Waals surface area contributed by atoms with Gasteiger partial charge < -0.3 is 5.32 Å². The molecule has 1 aromatic rings. The highest BCUT2D eigenvalue weighted by molar-refractivity contribution is 7.80. The zero-order valence-corrected chi connectivity index (χ0v) is 10.2. The minimum absolute atomic E-state index is 0.457. The van der Waals surface area contributed by atoms with Crippen LogP contribution in [0.4, 0.5) is 0 Å². The van der Waals surface area contributed by atoms with Crippen molar-refractivity contribution in [2.75, 3.05) is 6.54 Å². The van der Waals surface area contributed by atoms with Crippen molar-refractivity contribution < 1.29 is 0 Å². The first-order chi connectivity index (χ1) is 7.72. The van der Waals surface area contributed by atoms with Gasteiger partial charge in [0.05, 0.1) is 6.21 Å². The van der Waals surface area contributed by atoms with Crippen LogP contribution in [0.1, 0.15) is 5.56 Å². The zero-order valence-electron chi connectivity index (χ0n) is 8.61. The largest absolute Gasteiger partial charge is 0.358 e. The molecule has 0 aliphatic rings. The van der Waals surface area contributed by atoms with Gasteiger partial charge in [-0.05, 0) is 29.9 Å². The van der Waals surface area contributed by atoms with Crippen LogP contribution in [-0.4, -0.2) is 17.9 Å². The van der Waals surface area contributed by atoms with Crippen LogP contribution in [0.25, 0.3) is 0 Å². The van der Waals surface area contributed by atoms with Gasteiger partial charge in [0.1, 0.15) is 0 Å². The number of hydrogen-bond acceptors (Lipinski definition) is 2. The van der Waals surface area contributed by atoms with Crippen molar-refractivity contribution >= 4 is 35.1 Å². The molecule has 0 aromatic heterocycles. The summed E-state index contributed by atoms with van der Waals surface area (Å²) in [6.45, 7) is 4.18. The number of hydrazone groups is 1. The van der Waals surface area contributed by atoms with Crippen molar-refractivity contribution in [3.05, 3.63) is 47.5 Å². The fourth-order valence-corrected chi connectivity index (χ4v) is 1.29. The van der Waals surface area contributed by atoms with Crippen LogP contribution in [-0.2, 0) is 0 Å². The molecule has 0 aliphatic carbocycles. The summed E-state index contributed by atoms with van der Waals surface area (Å²) in [6, 6.07) is 7.38. The molecule has 0 saturated heterocycles. The smallest absolute Gasteiger partial charge is 0.187 e. The van der Waals surface area contributed by atoms with E-state index in [1.165, 1.54) is 0 Å². The molecule has 0 amide bonds. The van der Waals surface area contributed by atoms with E-state index in [9.17, 15) is 0 Å². The summed E-state index contributed by atoms with van der Waals surface area (Å²) in [7, 11) is 0. The lowest BCUT2D eigenvalue weighted by atomic mass is 10.2. The third-order valence-corrected chi connectivity index (χ3v) is 2.11. The van der Waals surface area contributed by atoms with E-state index in [1.54, 1.807) is 12.3 Å². The molecule has 0 radical (unpaired) electrons. The van der Waals surface area contributed by atoms with Crippen molar-refractivity contribution in [1.29, 1.82) is 0 Å². The molecule has 0 saturated carbocycles. The van der Waals surface area contributed by atoms with Crippen LogP contribution in [0, 0.1) is 0 Å². The second-order valence-corrected chi connectivity index (χ2v) is 3.77. The Labute approximate surface area is 105 Å². The van der Waals surface area contributed by atoms with Gasteiger partial charge in [0.25, 0.3) is 0 Å². The minimum atomic E-state index is 0.457. The molecule has 0 spiro atoms. The van der Waals surface area contributed by atoms with E-state index in [0.717, 1.165) is 5.56 Å². The number of nitrogens with one attached hydrogen (secondary N) is 2. The molecule has 84 valence electrons. The number of hydrogen-bond donors (Lipinski definition) is 2. The zero-order chi connectivity index (χ0) is 11.8. The average molecular weight is 254 g/mol. The van der Waals surface area contributed by atoms with Gasteiger partial charge in [0, 0.05) is 11.6 Å². The van der Waals surface area contributed by atoms with E-state index in [-0.39, 0.29) is 0 Å². The molecule has 2 N–H and O–H groups in total. The van der Waals surface area contributed by atoms with E-state index in [4.69, 9.17) is 23.8 Å². The molecule has 0 atom stereocenters. The molecule has 16 heavy (non-hydrogen) atoms. The number of halogens is 1. The van der Waals surface area contributed by atoms with Crippen LogP contribution in [0.15, 0.2) is 42.0 Å². The maximum Gasteiger partial charge on any atom is 0.187 e. The Morgan fingerprint density at radius 1 is 1.56 bits per heavy atom.